The Balaban J connectivity index is 1.56. The van der Waals surface area contributed by atoms with E-state index < -0.39 is 0 Å². The summed E-state index contributed by atoms with van der Waals surface area (Å²) in [5.74, 6) is -0.222. The smallest absolute Gasteiger partial charge is 0.315 e. The zero-order chi connectivity index (χ0) is 19.8. The van der Waals surface area contributed by atoms with Crippen LogP contribution >= 0.6 is 0 Å². The Morgan fingerprint density at radius 1 is 0.964 bits per heavy atom. The molecule has 0 saturated heterocycles. The number of carbonyl (C=O) groups excluding carboxylic acids is 2. The van der Waals surface area contributed by atoms with Crippen molar-refractivity contribution in [3.05, 3.63) is 71.3 Å². The maximum atomic E-state index is 12.6. The highest BCUT2D eigenvalue weighted by molar-refractivity contribution is 5.94. The molecule has 6 nitrogen and oxygen atoms in total. The quantitative estimate of drug-likeness (QED) is 0.748. The molecule has 0 spiro atoms. The third-order valence-electron chi connectivity index (χ3n) is 4.95. The number of hydrogen-bond acceptors (Lipinski definition) is 3. The van der Waals surface area contributed by atoms with Crippen LogP contribution in [0.2, 0.25) is 0 Å². The number of nitrogens with zero attached hydrogens (tertiary/aromatic N) is 1. The van der Waals surface area contributed by atoms with Crippen LogP contribution in [-0.4, -0.2) is 24.0 Å². The van der Waals surface area contributed by atoms with Crippen molar-refractivity contribution >= 4 is 11.9 Å². The van der Waals surface area contributed by atoms with Gasteiger partial charge in [-0.05, 0) is 36.6 Å². The molecule has 0 aliphatic heterocycles. The summed E-state index contributed by atoms with van der Waals surface area (Å²) in [5, 5.41) is 17.9. The van der Waals surface area contributed by atoms with Crippen molar-refractivity contribution in [1.82, 2.24) is 16.0 Å². The van der Waals surface area contributed by atoms with Gasteiger partial charge in [-0.25, -0.2) is 4.79 Å². The Hall–Kier alpha value is -3.33. The number of urea groups is 1. The Kier molecular flexibility index (Phi) is 6.64. The molecule has 1 aliphatic rings. The predicted molar refractivity (Wildman–Crippen MR) is 106 cm³/mol. The van der Waals surface area contributed by atoms with Gasteiger partial charge in [0, 0.05) is 18.2 Å². The SMILES string of the molecule is N#Cc1cccc(C(=O)NC2CCCCC2NC(=O)NCc2ccccc2)c1. The van der Waals surface area contributed by atoms with Crippen LogP contribution in [0.25, 0.3) is 0 Å². The van der Waals surface area contributed by atoms with E-state index in [1.54, 1.807) is 24.3 Å². The average Bonchev–Trinajstić information content (AvgIpc) is 2.74. The predicted octanol–water partition coefficient (Wildman–Crippen LogP) is 3.10. The number of nitriles is 1. The highest BCUT2D eigenvalue weighted by Gasteiger charge is 2.28. The second-order valence-electron chi connectivity index (χ2n) is 6.98. The highest BCUT2D eigenvalue weighted by Crippen LogP contribution is 2.19. The fourth-order valence-corrected chi connectivity index (χ4v) is 3.46. The first-order chi connectivity index (χ1) is 13.7. The molecule has 0 heterocycles. The van der Waals surface area contributed by atoms with Gasteiger partial charge in [-0.1, -0.05) is 49.2 Å². The first-order valence-corrected chi connectivity index (χ1v) is 9.55. The molecular formula is C22H24N4O2. The van der Waals surface area contributed by atoms with Crippen molar-refractivity contribution in [3.63, 3.8) is 0 Å². The van der Waals surface area contributed by atoms with Gasteiger partial charge in [-0.2, -0.15) is 5.26 Å². The van der Waals surface area contributed by atoms with Crippen LogP contribution in [0, 0.1) is 11.3 Å². The van der Waals surface area contributed by atoms with Crippen LogP contribution in [0.4, 0.5) is 4.79 Å². The summed E-state index contributed by atoms with van der Waals surface area (Å²) in [6.07, 6.45) is 3.65. The fourth-order valence-electron chi connectivity index (χ4n) is 3.46. The van der Waals surface area contributed by atoms with Gasteiger partial charge in [0.1, 0.15) is 0 Å². The first kappa shape index (κ1) is 19.4. The number of nitrogens with one attached hydrogen (secondary N) is 3. The van der Waals surface area contributed by atoms with Crippen molar-refractivity contribution in [2.75, 3.05) is 0 Å². The lowest BCUT2D eigenvalue weighted by Gasteiger charge is -2.32. The summed E-state index contributed by atoms with van der Waals surface area (Å²) < 4.78 is 0. The van der Waals surface area contributed by atoms with Gasteiger partial charge in [-0.15, -0.1) is 0 Å². The molecule has 3 amide bonds. The molecule has 2 aromatic carbocycles. The second-order valence-corrected chi connectivity index (χ2v) is 6.98. The number of amides is 3. The molecule has 0 aromatic heterocycles. The molecule has 2 unspecified atom stereocenters. The molecule has 1 fully saturated rings. The molecule has 3 N–H and O–H groups in total. The van der Waals surface area contributed by atoms with Crippen molar-refractivity contribution in [2.45, 2.75) is 44.3 Å². The molecule has 1 saturated carbocycles. The Labute approximate surface area is 164 Å². The summed E-state index contributed by atoms with van der Waals surface area (Å²) in [4.78, 5) is 24.9. The summed E-state index contributed by atoms with van der Waals surface area (Å²) >= 11 is 0. The summed E-state index contributed by atoms with van der Waals surface area (Å²) in [5.41, 5.74) is 1.94. The minimum atomic E-state index is -0.235. The molecule has 144 valence electrons. The molecule has 0 bridgehead atoms. The maximum Gasteiger partial charge on any atom is 0.315 e. The summed E-state index contributed by atoms with van der Waals surface area (Å²) in [6, 6.07) is 17.9. The monoisotopic (exact) mass is 376 g/mol. The number of hydrogen-bond donors (Lipinski definition) is 3. The largest absolute Gasteiger partial charge is 0.347 e. The summed E-state index contributed by atoms with van der Waals surface area (Å²) in [7, 11) is 0. The van der Waals surface area contributed by atoms with E-state index in [4.69, 9.17) is 5.26 Å². The van der Waals surface area contributed by atoms with Crippen molar-refractivity contribution in [3.8, 4) is 6.07 Å². The average molecular weight is 376 g/mol. The number of carbonyl (C=O) groups is 2. The lowest BCUT2D eigenvalue weighted by molar-refractivity contribution is 0.0916. The van der Waals surface area contributed by atoms with Gasteiger partial charge in [0.15, 0.2) is 0 Å². The van der Waals surface area contributed by atoms with E-state index in [9.17, 15) is 9.59 Å². The maximum absolute atomic E-state index is 12.6. The molecular weight excluding hydrogens is 352 g/mol. The van der Waals surface area contributed by atoms with E-state index in [1.165, 1.54) is 0 Å². The van der Waals surface area contributed by atoms with Crippen LogP contribution < -0.4 is 16.0 Å². The van der Waals surface area contributed by atoms with Gasteiger partial charge >= 0.3 is 6.03 Å². The summed E-state index contributed by atoms with van der Waals surface area (Å²) in [6.45, 7) is 0.456. The van der Waals surface area contributed by atoms with E-state index in [2.05, 4.69) is 16.0 Å². The van der Waals surface area contributed by atoms with Gasteiger partial charge in [0.05, 0.1) is 17.7 Å². The molecule has 28 heavy (non-hydrogen) atoms. The lowest BCUT2D eigenvalue weighted by atomic mass is 9.90. The zero-order valence-corrected chi connectivity index (χ0v) is 15.7. The van der Waals surface area contributed by atoms with Crippen molar-refractivity contribution in [2.24, 2.45) is 0 Å². The van der Waals surface area contributed by atoms with E-state index >= 15 is 0 Å². The number of benzene rings is 2. The van der Waals surface area contributed by atoms with E-state index in [0.717, 1.165) is 31.2 Å². The van der Waals surface area contributed by atoms with Gasteiger partial charge in [-0.3, -0.25) is 4.79 Å². The third kappa shape index (κ3) is 5.34. The molecule has 0 radical (unpaired) electrons. The Bertz CT molecular complexity index is 860. The topological polar surface area (TPSA) is 94.0 Å². The standard InChI is InChI=1S/C22H24N4O2/c23-14-17-9-6-10-18(13-17)21(27)25-19-11-4-5-12-20(19)26-22(28)24-15-16-7-2-1-3-8-16/h1-3,6-10,13,19-20H,4-5,11-12,15H2,(H,25,27)(H2,24,26,28). The molecule has 1 aliphatic carbocycles. The minimum Gasteiger partial charge on any atom is -0.347 e. The highest BCUT2D eigenvalue weighted by atomic mass is 16.2. The van der Waals surface area contributed by atoms with E-state index in [-0.39, 0.29) is 24.0 Å². The Morgan fingerprint density at radius 3 is 2.39 bits per heavy atom. The minimum absolute atomic E-state index is 0.118. The number of rotatable bonds is 5. The van der Waals surface area contributed by atoms with E-state index in [0.29, 0.717) is 17.7 Å². The van der Waals surface area contributed by atoms with Crippen LogP contribution in [0.3, 0.4) is 0 Å². The van der Waals surface area contributed by atoms with Crippen molar-refractivity contribution < 1.29 is 9.59 Å². The molecule has 6 heteroatoms. The second kappa shape index (κ2) is 9.56. The van der Waals surface area contributed by atoms with Gasteiger partial charge < -0.3 is 16.0 Å². The van der Waals surface area contributed by atoms with Crippen LogP contribution in [-0.2, 0) is 6.54 Å². The van der Waals surface area contributed by atoms with Crippen LogP contribution in [0.1, 0.15) is 47.2 Å². The normalized spacial score (nSPS) is 18.5. The van der Waals surface area contributed by atoms with Crippen LogP contribution in [0.5, 0.6) is 0 Å². The van der Waals surface area contributed by atoms with E-state index in [1.807, 2.05) is 36.4 Å². The molecule has 3 rings (SSSR count). The van der Waals surface area contributed by atoms with Gasteiger partial charge in [0.25, 0.3) is 5.91 Å². The van der Waals surface area contributed by atoms with Crippen LogP contribution in [0.15, 0.2) is 54.6 Å². The molecule has 2 aromatic rings. The van der Waals surface area contributed by atoms with Gasteiger partial charge in [0.2, 0.25) is 0 Å². The fraction of sp³-hybridized carbons (Fsp3) is 0.318. The Morgan fingerprint density at radius 2 is 1.68 bits per heavy atom. The first-order valence-electron chi connectivity index (χ1n) is 9.55. The zero-order valence-electron chi connectivity index (χ0n) is 15.7. The molecule has 2 atom stereocenters. The lowest BCUT2D eigenvalue weighted by Crippen LogP contribution is -2.55. The van der Waals surface area contributed by atoms with Crippen molar-refractivity contribution in [1.29, 1.82) is 5.26 Å². The third-order valence-corrected chi connectivity index (χ3v) is 4.95.